The van der Waals surface area contributed by atoms with Crippen LogP contribution in [-0.2, 0) is 0 Å². The van der Waals surface area contributed by atoms with Gasteiger partial charge in [-0.25, -0.2) is 0 Å². The van der Waals surface area contributed by atoms with Crippen molar-refractivity contribution in [3.05, 3.63) is 36.0 Å². The molecule has 0 saturated carbocycles. The van der Waals surface area contributed by atoms with Gasteiger partial charge in [-0.15, -0.1) is 11.6 Å². The van der Waals surface area contributed by atoms with Crippen LogP contribution in [0.15, 0.2) is 30.5 Å². The summed E-state index contributed by atoms with van der Waals surface area (Å²) in [7, 11) is 0. The zero-order valence-corrected chi connectivity index (χ0v) is 11.9. The lowest BCUT2D eigenvalue weighted by Crippen LogP contribution is -2.12. The van der Waals surface area contributed by atoms with Gasteiger partial charge in [-0.3, -0.25) is 9.78 Å². The molecule has 0 amide bonds. The van der Waals surface area contributed by atoms with Gasteiger partial charge < -0.3 is 4.74 Å². The molecule has 100 valence electrons. The molecule has 1 unspecified atom stereocenters. The lowest BCUT2D eigenvalue weighted by atomic mass is 10.0. The number of benzene rings is 1. The number of pyridine rings is 1. The SMILES string of the molecule is CC(C)Oc1ccc(C(=O)C(C)Cl)c2cccnc12. The first kappa shape index (κ1) is 13.8. The average molecular weight is 278 g/mol. The van der Waals surface area contributed by atoms with E-state index in [1.165, 1.54) is 0 Å². The van der Waals surface area contributed by atoms with Crippen LogP contribution in [0.5, 0.6) is 5.75 Å². The molecule has 0 bridgehead atoms. The summed E-state index contributed by atoms with van der Waals surface area (Å²) >= 11 is 5.89. The summed E-state index contributed by atoms with van der Waals surface area (Å²) in [4.78, 5) is 16.4. The first-order chi connectivity index (χ1) is 9.00. The number of fused-ring (bicyclic) bond motifs is 1. The van der Waals surface area contributed by atoms with Gasteiger partial charge in [-0.05, 0) is 39.0 Å². The largest absolute Gasteiger partial charge is 0.489 e. The van der Waals surface area contributed by atoms with Crippen molar-refractivity contribution in [3.63, 3.8) is 0 Å². The number of carbonyl (C=O) groups excluding carboxylic acids is 1. The minimum atomic E-state index is -0.555. The van der Waals surface area contributed by atoms with E-state index in [4.69, 9.17) is 16.3 Å². The molecule has 3 nitrogen and oxygen atoms in total. The van der Waals surface area contributed by atoms with E-state index in [1.54, 1.807) is 31.3 Å². The number of hydrogen-bond acceptors (Lipinski definition) is 3. The van der Waals surface area contributed by atoms with E-state index in [2.05, 4.69) is 4.98 Å². The van der Waals surface area contributed by atoms with Crippen LogP contribution < -0.4 is 4.74 Å². The summed E-state index contributed by atoms with van der Waals surface area (Å²) in [5.41, 5.74) is 1.28. The number of Topliss-reactive ketones (excluding diaryl/α,β-unsaturated/α-hetero) is 1. The first-order valence-electron chi connectivity index (χ1n) is 6.23. The van der Waals surface area contributed by atoms with E-state index in [0.29, 0.717) is 16.8 Å². The van der Waals surface area contributed by atoms with E-state index in [1.807, 2.05) is 19.9 Å². The standard InChI is InChI=1S/C15H16ClNO2/c1-9(2)19-13-7-6-12(15(18)10(3)16)11-5-4-8-17-14(11)13/h4-10H,1-3H3. The molecule has 0 aliphatic heterocycles. The summed E-state index contributed by atoms with van der Waals surface area (Å²) in [6, 6.07) is 7.20. The predicted molar refractivity (Wildman–Crippen MR) is 77.2 cm³/mol. The molecule has 4 heteroatoms. The summed E-state index contributed by atoms with van der Waals surface area (Å²) < 4.78 is 5.72. The van der Waals surface area contributed by atoms with E-state index < -0.39 is 5.38 Å². The summed E-state index contributed by atoms with van der Waals surface area (Å²) in [5, 5.41) is 0.221. The Kier molecular flexibility index (Phi) is 4.05. The van der Waals surface area contributed by atoms with Gasteiger partial charge in [-0.2, -0.15) is 0 Å². The quantitative estimate of drug-likeness (QED) is 0.630. The molecule has 0 aliphatic carbocycles. The molecule has 0 spiro atoms. The third-order valence-electron chi connectivity index (χ3n) is 2.72. The van der Waals surface area contributed by atoms with Crippen molar-refractivity contribution >= 4 is 28.3 Å². The molecule has 1 aromatic heterocycles. The van der Waals surface area contributed by atoms with Crippen LogP contribution in [0.2, 0.25) is 0 Å². The second-order valence-electron chi connectivity index (χ2n) is 4.66. The van der Waals surface area contributed by atoms with Crippen LogP contribution in [-0.4, -0.2) is 22.2 Å². The van der Waals surface area contributed by atoms with Crippen LogP contribution in [0, 0.1) is 0 Å². The highest BCUT2D eigenvalue weighted by molar-refractivity contribution is 6.35. The Labute approximate surface area is 117 Å². The lowest BCUT2D eigenvalue weighted by Gasteiger charge is -2.14. The molecule has 19 heavy (non-hydrogen) atoms. The van der Waals surface area contributed by atoms with Crippen LogP contribution >= 0.6 is 11.6 Å². The lowest BCUT2D eigenvalue weighted by molar-refractivity contribution is 0.0993. The normalized spacial score (nSPS) is 12.7. The monoisotopic (exact) mass is 277 g/mol. The smallest absolute Gasteiger partial charge is 0.181 e. The molecule has 1 aromatic carbocycles. The van der Waals surface area contributed by atoms with Gasteiger partial charge in [0.1, 0.15) is 11.3 Å². The number of alkyl halides is 1. The highest BCUT2D eigenvalue weighted by atomic mass is 35.5. The molecule has 0 radical (unpaired) electrons. The number of aromatic nitrogens is 1. The Bertz CT molecular complexity index is 608. The van der Waals surface area contributed by atoms with Crippen molar-refractivity contribution in [2.24, 2.45) is 0 Å². The molecule has 0 N–H and O–H groups in total. The second-order valence-corrected chi connectivity index (χ2v) is 5.31. The maximum Gasteiger partial charge on any atom is 0.181 e. The predicted octanol–water partition coefficient (Wildman–Crippen LogP) is 3.83. The van der Waals surface area contributed by atoms with Crippen molar-refractivity contribution < 1.29 is 9.53 Å². The molecule has 0 saturated heterocycles. The van der Waals surface area contributed by atoms with E-state index >= 15 is 0 Å². The zero-order chi connectivity index (χ0) is 14.0. The fourth-order valence-electron chi connectivity index (χ4n) is 1.92. The Balaban J connectivity index is 2.61. The number of ether oxygens (including phenoxy) is 1. The van der Waals surface area contributed by atoms with E-state index in [9.17, 15) is 4.79 Å². The minimum absolute atomic E-state index is 0.0544. The Morgan fingerprint density at radius 1 is 1.26 bits per heavy atom. The second kappa shape index (κ2) is 5.57. The molecule has 2 aromatic rings. The van der Waals surface area contributed by atoms with Crippen molar-refractivity contribution in [3.8, 4) is 5.75 Å². The number of halogens is 1. The van der Waals surface area contributed by atoms with Crippen LogP contribution in [0.1, 0.15) is 31.1 Å². The highest BCUT2D eigenvalue weighted by Crippen LogP contribution is 2.28. The first-order valence-corrected chi connectivity index (χ1v) is 6.67. The van der Waals surface area contributed by atoms with Crippen LogP contribution in [0.4, 0.5) is 0 Å². The van der Waals surface area contributed by atoms with Gasteiger partial charge in [0, 0.05) is 17.1 Å². The van der Waals surface area contributed by atoms with Crippen molar-refractivity contribution in [1.82, 2.24) is 4.98 Å². The Hall–Kier alpha value is -1.61. The molecule has 2 rings (SSSR count). The average Bonchev–Trinajstić information content (AvgIpc) is 2.37. The van der Waals surface area contributed by atoms with Crippen molar-refractivity contribution in [1.29, 1.82) is 0 Å². The van der Waals surface area contributed by atoms with Gasteiger partial charge >= 0.3 is 0 Å². The number of hydrogen-bond donors (Lipinski definition) is 0. The molecule has 0 fully saturated rings. The summed E-state index contributed by atoms with van der Waals surface area (Å²) in [6.07, 6.45) is 1.74. The number of ketones is 1. The third-order valence-corrected chi connectivity index (χ3v) is 2.92. The summed E-state index contributed by atoms with van der Waals surface area (Å²) in [5.74, 6) is 0.583. The molecule has 1 atom stereocenters. The van der Waals surface area contributed by atoms with Crippen LogP contribution in [0.3, 0.4) is 0 Å². The number of rotatable bonds is 4. The van der Waals surface area contributed by atoms with Gasteiger partial charge in [0.2, 0.25) is 0 Å². The van der Waals surface area contributed by atoms with Gasteiger partial charge in [0.15, 0.2) is 5.78 Å². The van der Waals surface area contributed by atoms with Gasteiger partial charge in [0.05, 0.1) is 11.5 Å². The Morgan fingerprint density at radius 3 is 2.63 bits per heavy atom. The Morgan fingerprint density at radius 2 is 2.00 bits per heavy atom. The fourth-order valence-corrected chi connectivity index (χ4v) is 2.04. The molecular formula is C15H16ClNO2. The fraction of sp³-hybridized carbons (Fsp3) is 0.333. The van der Waals surface area contributed by atoms with Gasteiger partial charge in [-0.1, -0.05) is 6.07 Å². The molecular weight excluding hydrogens is 262 g/mol. The van der Waals surface area contributed by atoms with E-state index in [-0.39, 0.29) is 11.9 Å². The zero-order valence-electron chi connectivity index (χ0n) is 11.2. The third kappa shape index (κ3) is 2.87. The minimum Gasteiger partial charge on any atom is -0.489 e. The maximum atomic E-state index is 12.1. The van der Waals surface area contributed by atoms with E-state index in [0.717, 1.165) is 5.39 Å². The van der Waals surface area contributed by atoms with Gasteiger partial charge in [0.25, 0.3) is 0 Å². The van der Waals surface area contributed by atoms with Crippen molar-refractivity contribution in [2.75, 3.05) is 0 Å². The number of nitrogens with zero attached hydrogens (tertiary/aromatic N) is 1. The molecule has 0 aliphatic rings. The highest BCUT2D eigenvalue weighted by Gasteiger charge is 2.17. The van der Waals surface area contributed by atoms with Crippen molar-refractivity contribution in [2.45, 2.75) is 32.3 Å². The van der Waals surface area contributed by atoms with Crippen LogP contribution in [0.25, 0.3) is 10.9 Å². The summed E-state index contributed by atoms with van der Waals surface area (Å²) in [6.45, 7) is 5.58. The topological polar surface area (TPSA) is 39.2 Å². The number of carbonyl (C=O) groups is 1. The maximum absolute atomic E-state index is 12.1. The molecule has 1 heterocycles.